The molecule has 1 saturated heterocycles. The van der Waals surface area contributed by atoms with Crippen molar-refractivity contribution >= 4 is 11.8 Å². The first-order chi connectivity index (χ1) is 13.6. The Kier molecular flexibility index (Phi) is 5.03. The molecule has 146 valence electrons. The molecule has 6 heteroatoms. The van der Waals surface area contributed by atoms with Crippen LogP contribution >= 0.6 is 0 Å². The molecule has 28 heavy (non-hydrogen) atoms. The van der Waals surface area contributed by atoms with Gasteiger partial charge in [0, 0.05) is 56.5 Å². The highest BCUT2D eigenvalue weighted by Gasteiger charge is 2.40. The molecular formula is C22H25N3O3. The number of likely N-dealkylation sites (tertiary alicyclic amines) is 1. The number of rotatable bonds is 1. The fourth-order valence-corrected chi connectivity index (χ4v) is 4.14. The average molecular weight is 379 g/mol. The molecule has 3 heterocycles. The molecule has 1 fully saturated rings. The molecule has 0 N–H and O–H groups in total. The SMILES string of the molecule is CC(=O)N1Cc2ccccc2OC2(CCCN(C(=O)c3ccncc3)CC2)C1. The molecule has 0 radical (unpaired) electrons. The molecule has 2 aliphatic heterocycles. The van der Waals surface area contributed by atoms with Crippen LogP contribution in [0.1, 0.15) is 42.1 Å². The van der Waals surface area contributed by atoms with Gasteiger partial charge in [0.25, 0.3) is 5.91 Å². The van der Waals surface area contributed by atoms with Gasteiger partial charge in [-0.25, -0.2) is 0 Å². The highest BCUT2D eigenvalue weighted by Crippen LogP contribution is 2.35. The second-order valence-electron chi connectivity index (χ2n) is 7.65. The van der Waals surface area contributed by atoms with Crippen molar-refractivity contribution in [2.75, 3.05) is 19.6 Å². The third kappa shape index (κ3) is 3.72. The second kappa shape index (κ2) is 7.62. The van der Waals surface area contributed by atoms with E-state index in [0.717, 1.165) is 24.2 Å². The van der Waals surface area contributed by atoms with Crippen LogP contribution in [0, 0.1) is 0 Å². The summed E-state index contributed by atoms with van der Waals surface area (Å²) in [7, 11) is 0. The minimum Gasteiger partial charge on any atom is -0.485 e. The summed E-state index contributed by atoms with van der Waals surface area (Å²) in [6.07, 6.45) is 5.63. The number of benzene rings is 1. The molecular weight excluding hydrogens is 354 g/mol. The van der Waals surface area contributed by atoms with Crippen LogP contribution in [0.2, 0.25) is 0 Å². The molecule has 1 atom stereocenters. The number of nitrogens with zero attached hydrogens (tertiary/aromatic N) is 3. The minimum absolute atomic E-state index is 0.0249. The number of fused-ring (bicyclic) bond motifs is 1. The van der Waals surface area contributed by atoms with Gasteiger partial charge >= 0.3 is 0 Å². The van der Waals surface area contributed by atoms with Gasteiger partial charge in [0.15, 0.2) is 0 Å². The molecule has 1 spiro atoms. The Morgan fingerprint density at radius 3 is 2.61 bits per heavy atom. The van der Waals surface area contributed by atoms with Crippen molar-refractivity contribution in [2.45, 2.75) is 38.3 Å². The summed E-state index contributed by atoms with van der Waals surface area (Å²) in [5.74, 6) is 0.922. The van der Waals surface area contributed by atoms with E-state index in [-0.39, 0.29) is 11.8 Å². The lowest BCUT2D eigenvalue weighted by Gasteiger charge is -2.35. The summed E-state index contributed by atoms with van der Waals surface area (Å²) in [5.41, 5.74) is 1.22. The van der Waals surface area contributed by atoms with Crippen LogP contribution in [-0.2, 0) is 11.3 Å². The van der Waals surface area contributed by atoms with Gasteiger partial charge in [0.2, 0.25) is 5.91 Å². The Morgan fingerprint density at radius 1 is 1.04 bits per heavy atom. The van der Waals surface area contributed by atoms with Gasteiger partial charge in [0.05, 0.1) is 6.54 Å². The number of hydrogen-bond acceptors (Lipinski definition) is 4. The third-order valence-electron chi connectivity index (χ3n) is 5.70. The van der Waals surface area contributed by atoms with E-state index in [1.54, 1.807) is 31.5 Å². The number of aromatic nitrogens is 1. The van der Waals surface area contributed by atoms with E-state index < -0.39 is 5.60 Å². The maximum Gasteiger partial charge on any atom is 0.253 e. The lowest BCUT2D eigenvalue weighted by atomic mass is 9.93. The molecule has 2 amide bonds. The van der Waals surface area contributed by atoms with E-state index >= 15 is 0 Å². The number of amides is 2. The standard InChI is InChI=1S/C22H25N3O3/c1-17(26)25-15-19-5-2-3-6-20(19)28-22(16-25)9-4-13-24(14-10-22)21(27)18-7-11-23-12-8-18/h2-3,5-8,11-12H,4,9-10,13-16H2,1H3. The average Bonchev–Trinajstić information content (AvgIpc) is 3.01. The fraction of sp³-hybridized carbons (Fsp3) is 0.409. The van der Waals surface area contributed by atoms with E-state index in [0.29, 0.717) is 38.2 Å². The topological polar surface area (TPSA) is 62.7 Å². The predicted octanol–water partition coefficient (Wildman–Crippen LogP) is 2.89. The number of para-hydroxylation sites is 1. The summed E-state index contributed by atoms with van der Waals surface area (Å²) in [4.78, 5) is 32.8. The molecule has 0 bridgehead atoms. The van der Waals surface area contributed by atoms with E-state index in [1.807, 2.05) is 34.1 Å². The highest BCUT2D eigenvalue weighted by atomic mass is 16.5. The quantitative estimate of drug-likeness (QED) is 0.764. The number of pyridine rings is 1. The maximum absolute atomic E-state index is 12.9. The lowest BCUT2D eigenvalue weighted by Crippen LogP contribution is -2.47. The number of carbonyl (C=O) groups is 2. The van der Waals surface area contributed by atoms with Crippen LogP contribution < -0.4 is 4.74 Å². The van der Waals surface area contributed by atoms with Crippen molar-refractivity contribution in [1.29, 1.82) is 0 Å². The van der Waals surface area contributed by atoms with Crippen LogP contribution in [0.25, 0.3) is 0 Å². The Bertz CT molecular complexity index is 870. The minimum atomic E-state index is -0.467. The third-order valence-corrected chi connectivity index (χ3v) is 5.70. The monoisotopic (exact) mass is 379 g/mol. The summed E-state index contributed by atoms with van der Waals surface area (Å²) >= 11 is 0. The van der Waals surface area contributed by atoms with Crippen LogP contribution in [-0.4, -0.2) is 51.8 Å². The Morgan fingerprint density at radius 2 is 1.82 bits per heavy atom. The van der Waals surface area contributed by atoms with Crippen molar-refractivity contribution in [3.63, 3.8) is 0 Å². The number of carbonyl (C=O) groups excluding carboxylic acids is 2. The first kappa shape index (κ1) is 18.5. The summed E-state index contributed by atoms with van der Waals surface area (Å²) in [6, 6.07) is 11.4. The van der Waals surface area contributed by atoms with E-state index in [1.165, 1.54) is 0 Å². The van der Waals surface area contributed by atoms with Gasteiger partial charge in [-0.05, 0) is 31.0 Å². The molecule has 0 aliphatic carbocycles. The zero-order valence-corrected chi connectivity index (χ0v) is 16.1. The first-order valence-corrected chi connectivity index (χ1v) is 9.78. The Balaban J connectivity index is 1.57. The summed E-state index contributed by atoms with van der Waals surface area (Å²) < 4.78 is 6.54. The van der Waals surface area contributed by atoms with Crippen LogP contribution in [0.15, 0.2) is 48.8 Å². The van der Waals surface area contributed by atoms with Gasteiger partial charge in [-0.3, -0.25) is 14.6 Å². The molecule has 4 rings (SSSR count). The predicted molar refractivity (Wildman–Crippen MR) is 105 cm³/mol. The van der Waals surface area contributed by atoms with E-state index in [2.05, 4.69) is 4.98 Å². The zero-order valence-electron chi connectivity index (χ0n) is 16.1. The van der Waals surface area contributed by atoms with Gasteiger partial charge in [-0.2, -0.15) is 0 Å². The van der Waals surface area contributed by atoms with Crippen molar-refractivity contribution < 1.29 is 14.3 Å². The molecule has 2 aromatic rings. The van der Waals surface area contributed by atoms with Crippen LogP contribution in [0.3, 0.4) is 0 Å². The fourth-order valence-electron chi connectivity index (χ4n) is 4.14. The van der Waals surface area contributed by atoms with E-state index in [9.17, 15) is 9.59 Å². The summed E-state index contributed by atoms with van der Waals surface area (Å²) in [5, 5.41) is 0. The van der Waals surface area contributed by atoms with E-state index in [4.69, 9.17) is 4.74 Å². The molecule has 6 nitrogen and oxygen atoms in total. The molecule has 1 aromatic heterocycles. The lowest BCUT2D eigenvalue weighted by molar-refractivity contribution is -0.132. The van der Waals surface area contributed by atoms with Crippen molar-refractivity contribution in [3.8, 4) is 5.75 Å². The van der Waals surface area contributed by atoms with Gasteiger partial charge in [0.1, 0.15) is 11.4 Å². The first-order valence-electron chi connectivity index (χ1n) is 9.78. The highest BCUT2D eigenvalue weighted by molar-refractivity contribution is 5.94. The molecule has 1 aromatic carbocycles. The van der Waals surface area contributed by atoms with Gasteiger partial charge < -0.3 is 14.5 Å². The Labute approximate surface area is 165 Å². The van der Waals surface area contributed by atoms with Gasteiger partial charge in [-0.1, -0.05) is 18.2 Å². The Hall–Kier alpha value is -2.89. The maximum atomic E-state index is 12.9. The number of ether oxygens (including phenoxy) is 1. The molecule has 1 unspecified atom stereocenters. The summed E-state index contributed by atoms with van der Waals surface area (Å²) in [6.45, 7) is 4.02. The van der Waals surface area contributed by atoms with Gasteiger partial charge in [-0.15, -0.1) is 0 Å². The van der Waals surface area contributed by atoms with Crippen molar-refractivity contribution in [1.82, 2.24) is 14.8 Å². The van der Waals surface area contributed by atoms with Crippen molar-refractivity contribution in [2.24, 2.45) is 0 Å². The zero-order chi connectivity index (χ0) is 19.6. The van der Waals surface area contributed by atoms with Crippen molar-refractivity contribution in [3.05, 3.63) is 59.9 Å². The molecule has 2 aliphatic rings. The normalized spacial score (nSPS) is 22.0. The van der Waals surface area contributed by atoms with Crippen LogP contribution in [0.4, 0.5) is 0 Å². The molecule has 0 saturated carbocycles. The second-order valence-corrected chi connectivity index (χ2v) is 7.65. The van der Waals surface area contributed by atoms with Crippen LogP contribution in [0.5, 0.6) is 5.75 Å². The number of hydrogen-bond donors (Lipinski definition) is 0. The largest absolute Gasteiger partial charge is 0.485 e. The smallest absolute Gasteiger partial charge is 0.253 e.